The molecule has 0 fully saturated rings. The lowest BCUT2D eigenvalue weighted by atomic mass is 9.99. The van der Waals surface area contributed by atoms with Gasteiger partial charge >= 0.3 is 0 Å². The molecule has 1 N–H and O–H groups in total. The molecule has 0 unspecified atom stereocenters. The maximum Gasteiger partial charge on any atom is 0.0968 e. The summed E-state index contributed by atoms with van der Waals surface area (Å²) < 4.78 is 8.72. The number of fused-ring (bicyclic) bond motifs is 5. The van der Waals surface area contributed by atoms with Crippen molar-refractivity contribution in [3.05, 3.63) is 48.7 Å². The zero-order valence-corrected chi connectivity index (χ0v) is 14.6. The Kier molecular flexibility index (Phi) is 4.04. The molecule has 0 saturated carbocycles. The SMILES string of the molecule is COCCN(C)c1cc2c(c3ncccc13)NSc1ccccc1-2. The number of hydrogen-bond acceptors (Lipinski definition) is 5. The molecule has 0 spiro atoms. The molecule has 4 rings (SSSR count). The molecule has 0 amide bonds. The summed E-state index contributed by atoms with van der Waals surface area (Å²) in [6, 6.07) is 14.9. The second kappa shape index (κ2) is 6.34. The van der Waals surface area contributed by atoms with Gasteiger partial charge in [-0.05, 0) is 41.8 Å². The van der Waals surface area contributed by atoms with Crippen LogP contribution >= 0.6 is 11.9 Å². The van der Waals surface area contributed by atoms with Crippen molar-refractivity contribution in [2.24, 2.45) is 0 Å². The van der Waals surface area contributed by atoms with Crippen LogP contribution in [0.25, 0.3) is 22.0 Å². The first-order chi connectivity index (χ1) is 11.8. The number of pyridine rings is 1. The molecule has 2 heterocycles. The van der Waals surface area contributed by atoms with E-state index >= 15 is 0 Å². The van der Waals surface area contributed by atoms with E-state index in [2.05, 4.69) is 58.1 Å². The van der Waals surface area contributed by atoms with Crippen LogP contribution in [0.1, 0.15) is 0 Å². The Morgan fingerprint density at radius 3 is 2.92 bits per heavy atom. The summed E-state index contributed by atoms with van der Waals surface area (Å²) in [6.07, 6.45) is 1.86. The van der Waals surface area contributed by atoms with Crippen LogP contribution in [-0.4, -0.2) is 32.3 Å². The number of benzene rings is 2. The van der Waals surface area contributed by atoms with Crippen LogP contribution in [0.3, 0.4) is 0 Å². The molecule has 4 nitrogen and oxygen atoms in total. The average Bonchev–Trinajstić information content (AvgIpc) is 2.65. The third-order valence-corrected chi connectivity index (χ3v) is 5.24. The Morgan fingerprint density at radius 1 is 1.17 bits per heavy atom. The molecule has 24 heavy (non-hydrogen) atoms. The molecule has 1 aliphatic rings. The van der Waals surface area contributed by atoms with Gasteiger partial charge in [0.15, 0.2) is 0 Å². The smallest absolute Gasteiger partial charge is 0.0968 e. The molecule has 0 bridgehead atoms. The van der Waals surface area contributed by atoms with E-state index in [1.807, 2.05) is 12.3 Å². The minimum Gasteiger partial charge on any atom is -0.383 e. The van der Waals surface area contributed by atoms with Gasteiger partial charge in [-0.15, -0.1) is 0 Å². The number of aromatic nitrogens is 1. The highest BCUT2D eigenvalue weighted by atomic mass is 32.2. The number of anilines is 2. The monoisotopic (exact) mass is 337 g/mol. The summed E-state index contributed by atoms with van der Waals surface area (Å²) in [5.74, 6) is 0. The third kappa shape index (κ3) is 2.50. The van der Waals surface area contributed by atoms with E-state index in [0.29, 0.717) is 6.61 Å². The fraction of sp³-hybridized carbons (Fsp3) is 0.211. The van der Waals surface area contributed by atoms with Gasteiger partial charge in [0.05, 0.1) is 17.8 Å². The number of rotatable bonds is 4. The zero-order valence-electron chi connectivity index (χ0n) is 13.7. The van der Waals surface area contributed by atoms with Crippen molar-refractivity contribution in [1.82, 2.24) is 4.98 Å². The van der Waals surface area contributed by atoms with Crippen molar-refractivity contribution in [2.45, 2.75) is 4.90 Å². The molecule has 0 radical (unpaired) electrons. The molecule has 0 saturated heterocycles. The van der Waals surface area contributed by atoms with Gasteiger partial charge in [0.25, 0.3) is 0 Å². The number of nitrogens with zero attached hydrogens (tertiary/aromatic N) is 2. The van der Waals surface area contributed by atoms with Gasteiger partial charge in [0.2, 0.25) is 0 Å². The van der Waals surface area contributed by atoms with Crippen molar-refractivity contribution < 1.29 is 4.74 Å². The summed E-state index contributed by atoms with van der Waals surface area (Å²) in [5.41, 5.74) is 5.74. The highest BCUT2D eigenvalue weighted by Gasteiger charge is 2.22. The summed E-state index contributed by atoms with van der Waals surface area (Å²) in [6.45, 7) is 1.53. The topological polar surface area (TPSA) is 37.4 Å². The quantitative estimate of drug-likeness (QED) is 0.714. The molecule has 122 valence electrons. The molecular weight excluding hydrogens is 318 g/mol. The van der Waals surface area contributed by atoms with E-state index in [1.54, 1.807) is 19.1 Å². The number of nitrogens with one attached hydrogen (secondary N) is 1. The maximum atomic E-state index is 5.24. The summed E-state index contributed by atoms with van der Waals surface area (Å²) in [7, 11) is 3.84. The largest absolute Gasteiger partial charge is 0.383 e. The van der Waals surface area contributed by atoms with Gasteiger partial charge in [-0.1, -0.05) is 18.2 Å². The summed E-state index contributed by atoms with van der Waals surface area (Å²) >= 11 is 1.65. The van der Waals surface area contributed by atoms with Crippen molar-refractivity contribution in [3.8, 4) is 11.1 Å². The van der Waals surface area contributed by atoms with E-state index in [1.165, 1.54) is 21.7 Å². The molecule has 1 aliphatic heterocycles. The maximum absolute atomic E-state index is 5.24. The normalized spacial score (nSPS) is 12.4. The molecule has 0 aliphatic carbocycles. The van der Waals surface area contributed by atoms with Crippen LogP contribution < -0.4 is 9.62 Å². The highest BCUT2D eigenvalue weighted by molar-refractivity contribution is 8.00. The van der Waals surface area contributed by atoms with Crippen LogP contribution in [0.4, 0.5) is 11.4 Å². The van der Waals surface area contributed by atoms with Gasteiger partial charge in [0.1, 0.15) is 0 Å². The standard InChI is InChI=1S/C19H19N3OS/c1-22(10-11-23-2)16-12-15-13-6-3-4-8-17(13)24-21-19(15)18-14(16)7-5-9-20-18/h3-9,12,21H,10-11H2,1-2H3. The zero-order chi connectivity index (χ0) is 16.5. The van der Waals surface area contributed by atoms with Crippen molar-refractivity contribution >= 4 is 34.2 Å². The van der Waals surface area contributed by atoms with Crippen LogP contribution in [0.2, 0.25) is 0 Å². The number of likely N-dealkylation sites (N-methyl/N-ethyl adjacent to an activating group) is 1. The molecule has 5 heteroatoms. The molecule has 0 atom stereocenters. The Labute approximate surface area is 146 Å². The van der Waals surface area contributed by atoms with Gasteiger partial charge in [-0.2, -0.15) is 0 Å². The van der Waals surface area contributed by atoms with E-state index in [9.17, 15) is 0 Å². The van der Waals surface area contributed by atoms with Crippen molar-refractivity contribution in [3.63, 3.8) is 0 Å². The fourth-order valence-corrected chi connectivity index (χ4v) is 3.94. The van der Waals surface area contributed by atoms with E-state index in [-0.39, 0.29) is 0 Å². The van der Waals surface area contributed by atoms with Crippen LogP contribution in [0.15, 0.2) is 53.6 Å². The predicted octanol–water partition coefficient (Wildman–Crippen LogP) is 4.42. The predicted molar refractivity (Wildman–Crippen MR) is 102 cm³/mol. The van der Waals surface area contributed by atoms with E-state index < -0.39 is 0 Å². The van der Waals surface area contributed by atoms with Gasteiger partial charge < -0.3 is 14.4 Å². The van der Waals surface area contributed by atoms with Gasteiger partial charge in [0, 0.05) is 48.4 Å². The van der Waals surface area contributed by atoms with Crippen LogP contribution in [0.5, 0.6) is 0 Å². The Morgan fingerprint density at radius 2 is 2.04 bits per heavy atom. The summed E-state index contributed by atoms with van der Waals surface area (Å²) in [4.78, 5) is 8.13. The lowest BCUT2D eigenvalue weighted by Crippen LogP contribution is -2.22. The van der Waals surface area contributed by atoms with E-state index in [4.69, 9.17) is 4.74 Å². The highest BCUT2D eigenvalue weighted by Crippen LogP contribution is 2.47. The molecular formula is C19H19N3OS. The van der Waals surface area contributed by atoms with Gasteiger partial charge in [-0.3, -0.25) is 4.98 Å². The second-order valence-corrected chi connectivity index (χ2v) is 6.68. The lowest BCUT2D eigenvalue weighted by Gasteiger charge is -2.26. The van der Waals surface area contributed by atoms with Crippen LogP contribution in [0, 0.1) is 0 Å². The van der Waals surface area contributed by atoms with E-state index in [0.717, 1.165) is 23.1 Å². The Hall–Kier alpha value is -2.24. The fourth-order valence-electron chi connectivity index (χ4n) is 3.09. The van der Waals surface area contributed by atoms with Gasteiger partial charge in [-0.25, -0.2) is 0 Å². The number of methoxy groups -OCH3 is 1. The lowest BCUT2D eigenvalue weighted by molar-refractivity contribution is 0.206. The number of ether oxygens (including phenoxy) is 1. The second-order valence-electron chi connectivity index (χ2n) is 5.83. The first kappa shape index (κ1) is 15.3. The van der Waals surface area contributed by atoms with Crippen molar-refractivity contribution in [2.75, 3.05) is 36.9 Å². The minimum absolute atomic E-state index is 0.694. The summed E-state index contributed by atoms with van der Waals surface area (Å²) in [5, 5.41) is 1.15. The first-order valence-electron chi connectivity index (χ1n) is 7.93. The average molecular weight is 337 g/mol. The first-order valence-corrected chi connectivity index (χ1v) is 8.75. The minimum atomic E-state index is 0.694. The number of hydrogen-bond donors (Lipinski definition) is 1. The van der Waals surface area contributed by atoms with Crippen molar-refractivity contribution in [1.29, 1.82) is 0 Å². The Bertz CT molecular complexity index is 897. The molecule has 2 aromatic carbocycles. The third-order valence-electron chi connectivity index (χ3n) is 4.35. The van der Waals surface area contributed by atoms with Crippen LogP contribution in [-0.2, 0) is 4.74 Å². The Balaban J connectivity index is 1.95. The molecule has 1 aromatic heterocycles. The molecule has 3 aromatic rings.